The van der Waals surface area contributed by atoms with Crippen molar-refractivity contribution in [2.75, 3.05) is 32.9 Å². The van der Waals surface area contributed by atoms with E-state index in [2.05, 4.69) is 33.7 Å². The SMILES string of the molecule is CC(C)(C)OC(=O)CCN.C[C@@H]1C[C@H]2[C@@H]3CCC4=CC(=O)C=C[C@]4(C)[C@@]3(F)[C@@H](O)C[C@]2(C)[C@@]1(O)C(=O)CO.C[C@@H]1C[C@H]2[C@@H]3CCC4=CC(=O)C=C[C@]4(C)[C@@]3(F)[C@@H](O)C[C@]2(C)[C@@]1(O)C(=O)COC(=O)NCCC(=O)O.C[C@@H]1C[C@H]2[C@@H]3CCC4=CC(=O)C=C[C@]4(C)[C@@]3(F)[C@@H](O)C[C@]2(C)[C@@]1(O)C(=O)COC(=O)Oc1ccc([N+](=O)[O-])cc1.O=C(Cl)Oc1ccc([N+](=O)[O-])cc1.S=PP=S. The molecule has 0 unspecified atom stereocenters. The van der Waals surface area contributed by atoms with Gasteiger partial charge in [-0.05, 0) is 238 Å². The molecular formula is C91H114ClF3N4O28P2S2. The maximum absolute atomic E-state index is 17.2. The average molecular weight is 1930 g/mol. The molecule has 716 valence electrons. The van der Waals surface area contributed by atoms with Gasteiger partial charge in [0.15, 0.2) is 53.4 Å². The largest absolute Gasteiger partial charge is 0.514 e. The van der Waals surface area contributed by atoms with Gasteiger partial charge >= 0.3 is 29.6 Å². The molecule has 0 saturated heterocycles. The number of benzene rings is 2. The molecule has 14 rings (SSSR count). The molecular weight excluding hydrogens is 1820 g/mol. The molecule has 0 aromatic heterocycles. The molecule has 24 atom stereocenters. The molecule has 0 aliphatic heterocycles. The molecule has 1 amide bonds. The fourth-order valence-electron chi connectivity index (χ4n) is 24.3. The number of nitrogens with one attached hydrogen (secondary N) is 1. The molecule has 0 bridgehead atoms. The lowest BCUT2D eigenvalue weighted by Gasteiger charge is -2.62. The number of aliphatic hydroxyl groups is 7. The smallest absolute Gasteiger partial charge is 0.481 e. The van der Waals surface area contributed by atoms with Gasteiger partial charge in [0, 0.05) is 113 Å². The zero-order valence-electron chi connectivity index (χ0n) is 74.6. The van der Waals surface area contributed by atoms with Crippen molar-refractivity contribution in [2.45, 2.75) is 231 Å². The third-order valence-corrected chi connectivity index (χ3v) is 33.4. The van der Waals surface area contributed by atoms with E-state index in [1.807, 2.05) is 20.8 Å². The first-order valence-corrected chi connectivity index (χ1v) is 47.9. The van der Waals surface area contributed by atoms with Crippen LogP contribution in [-0.4, -0.2) is 206 Å². The number of rotatable bonds is 18. The molecule has 0 radical (unpaired) electrons. The van der Waals surface area contributed by atoms with Crippen LogP contribution in [0, 0.1) is 106 Å². The first-order valence-electron chi connectivity index (χ1n) is 43.0. The number of alkyl carbamates (subject to hydrolysis) is 1. The highest BCUT2D eigenvalue weighted by molar-refractivity contribution is 8.40. The number of hydrogen-bond acceptors (Lipinski definition) is 30. The van der Waals surface area contributed by atoms with E-state index in [0.717, 1.165) is 26.2 Å². The number of nitrogens with two attached hydrogens (primary N) is 1. The number of aliphatic hydroxyl groups excluding tert-OH is 4. The molecule has 131 heavy (non-hydrogen) atoms. The number of carboxylic acids is 1. The Kier molecular flexibility index (Phi) is 32.5. The highest BCUT2D eigenvalue weighted by Crippen LogP contribution is 2.75. The normalized spacial score (nSPS) is 37.3. The van der Waals surface area contributed by atoms with Gasteiger partial charge in [-0.3, -0.25) is 58.6 Å². The average Bonchev–Trinajstić information content (AvgIpc) is 1.62. The standard InChI is InChI=1S/C29H32FNO9.C26H34FNO8.C22H29FO5.C7H4ClNO4.C7H15NO2.P2S2/c1-16-12-22-21-9-4-17-13-19(32)10-11-26(17,2)28(21,30)23(33)14-27(22,3)29(16,36)24(34)15-39-25(35)40-20-7-5-18(6-8-20)31(37)38;1-14-10-18-17-5-4-15-11-16(29)6-8-23(15,2)25(17,27)19(30)12-24(18,3)26(14,35)20(31)13-36-22(34)28-9-7-21(32)33;1-12-8-16-15-5-4-13-9-14(25)6-7-19(13,2)21(15,23)17(26)10-20(16,3)22(12,28)18(27)11-24;8-7(10)13-6-3-1-5(2-4-6)9(11)12;1-7(2,3)10-6(9)4-5-8;3-1-2-4/h5-8,10-11,13,16,21-23,33,36H,4,9,12,14-15H2,1-3H3;6,8,11,14,17-19,30,35H,4-5,7,9-10,12-13H2,1-3H3,(H,28,34)(H,32,33);6-7,9,12,15-17,24,26,28H,4-5,8,10-11H2,1-3H3;1-4H;4-5,8H2,1-3H3;/t16-,21+,22+,23+,26+,27+,28+,29+;14-,17+,18+,19+,23+,24+,25+,26+;12-,15+,16+,17+,19+,20+,21+,22+;;;/m111.../s1. The van der Waals surface area contributed by atoms with Crippen LogP contribution in [0.4, 0.5) is 38.9 Å². The van der Waals surface area contributed by atoms with Gasteiger partial charge in [-0.1, -0.05) is 76.5 Å². The molecule has 0 spiro atoms. The van der Waals surface area contributed by atoms with E-state index >= 15 is 13.2 Å². The number of nitrogens with zero attached hydrogens (tertiary/aromatic N) is 2. The Labute approximate surface area is 773 Å². The van der Waals surface area contributed by atoms with Crippen molar-refractivity contribution in [1.29, 1.82) is 0 Å². The molecule has 40 heteroatoms. The summed E-state index contributed by atoms with van der Waals surface area (Å²) >= 11 is 13.7. The molecule has 2 aromatic carbocycles. The number of carbonyl (C=O) groups excluding carboxylic acids is 10. The number of esters is 1. The Hall–Kier alpha value is -8.55. The van der Waals surface area contributed by atoms with Crippen LogP contribution in [0.2, 0.25) is 0 Å². The summed E-state index contributed by atoms with van der Waals surface area (Å²) in [6.45, 7) is 18.8. The number of hydrogen-bond donors (Lipinski definition) is 10. The summed E-state index contributed by atoms with van der Waals surface area (Å²) in [6, 6.07) is 9.70. The van der Waals surface area contributed by atoms with E-state index < -0.39 is 203 Å². The predicted molar refractivity (Wildman–Crippen MR) is 475 cm³/mol. The minimum absolute atomic E-state index is 0.0321. The summed E-state index contributed by atoms with van der Waals surface area (Å²) in [4.78, 5) is 151. The van der Waals surface area contributed by atoms with Crippen LogP contribution < -0.4 is 20.5 Å². The minimum atomic E-state index is -2.10. The van der Waals surface area contributed by atoms with Gasteiger partial charge in [0.05, 0.1) is 41.0 Å². The number of non-ortho nitro benzene ring substituents is 2. The van der Waals surface area contributed by atoms with E-state index in [9.17, 15) is 109 Å². The number of ketones is 6. The Morgan fingerprint density at radius 2 is 0.878 bits per heavy atom. The molecule has 9 fully saturated rings. The molecule has 2 aromatic rings. The molecule has 12 aliphatic carbocycles. The number of halogens is 4. The maximum Gasteiger partial charge on any atom is 0.514 e. The van der Waals surface area contributed by atoms with Gasteiger partial charge in [-0.15, -0.1) is 0 Å². The molecule has 9 saturated carbocycles. The monoisotopic (exact) mass is 1930 g/mol. The second kappa shape index (κ2) is 40.2. The van der Waals surface area contributed by atoms with Crippen molar-refractivity contribution in [3.63, 3.8) is 0 Å². The predicted octanol–water partition coefficient (Wildman–Crippen LogP) is 12.8. The van der Waals surface area contributed by atoms with Crippen molar-refractivity contribution in [1.82, 2.24) is 5.32 Å². The van der Waals surface area contributed by atoms with Gasteiger partial charge in [0.25, 0.3) is 11.4 Å². The van der Waals surface area contributed by atoms with Crippen LogP contribution in [0.15, 0.2) is 120 Å². The summed E-state index contributed by atoms with van der Waals surface area (Å²) in [5.74, 6) is -8.68. The van der Waals surface area contributed by atoms with E-state index in [4.69, 9.17) is 41.4 Å². The number of ether oxygens (including phenoxy) is 5. The van der Waals surface area contributed by atoms with Gasteiger partial charge < -0.3 is 75.6 Å². The van der Waals surface area contributed by atoms with Crippen LogP contribution >= 0.6 is 25.7 Å². The number of carbonyl (C=O) groups is 11. The number of alkyl halides is 3. The lowest BCUT2D eigenvalue weighted by Crippen LogP contribution is -2.69. The third kappa shape index (κ3) is 19.2. The van der Waals surface area contributed by atoms with Crippen molar-refractivity contribution < 1.29 is 140 Å². The Morgan fingerprint density at radius 3 is 1.18 bits per heavy atom. The molecule has 0 heterocycles. The lowest BCUT2D eigenvalue weighted by atomic mass is 9.44. The number of carboxylic acid groups (broad SMARTS) is 1. The Morgan fingerprint density at radius 1 is 0.550 bits per heavy atom. The van der Waals surface area contributed by atoms with Crippen LogP contribution in [-0.2, 0) is 76.2 Å². The highest BCUT2D eigenvalue weighted by Gasteiger charge is 2.79. The third-order valence-electron chi connectivity index (χ3n) is 30.6. The first kappa shape index (κ1) is 106. The highest BCUT2D eigenvalue weighted by atomic mass is 35.5. The zero-order chi connectivity index (χ0) is 98.1. The summed E-state index contributed by atoms with van der Waals surface area (Å²) in [6.07, 6.45) is 9.81. The van der Waals surface area contributed by atoms with E-state index in [1.165, 1.54) is 72.9 Å². The number of allylic oxidation sites excluding steroid dienone is 12. The number of fused-ring (bicyclic) bond motifs is 15. The van der Waals surface area contributed by atoms with Crippen molar-refractivity contribution in [3.8, 4) is 11.5 Å². The van der Waals surface area contributed by atoms with Gasteiger partial charge in [-0.2, -0.15) is 0 Å². The number of nitro benzene ring substituents is 2. The van der Waals surface area contributed by atoms with E-state index in [-0.39, 0.29) is 89.9 Å². The number of amides is 1. The summed E-state index contributed by atoms with van der Waals surface area (Å²) in [5.41, 5.74) is -13.3. The van der Waals surface area contributed by atoms with Crippen molar-refractivity contribution in [2.24, 2.45) is 91.5 Å². The quantitative estimate of drug-likeness (QED) is 0.0126. The van der Waals surface area contributed by atoms with E-state index in [1.54, 1.807) is 80.5 Å². The second-order valence-electron chi connectivity index (χ2n) is 38.3. The number of Topliss-reactive ketones (excluding diaryl/α,β-unsaturated/α-hetero) is 3. The Bertz CT molecular complexity index is 5050. The fraction of sp³-hybridized carbons (Fsp3) is 0.615. The topological polar surface area (TPSA) is 520 Å². The van der Waals surface area contributed by atoms with Crippen LogP contribution in [0.1, 0.15) is 173 Å². The lowest BCUT2D eigenvalue weighted by molar-refractivity contribution is -0.385. The van der Waals surface area contributed by atoms with Gasteiger partial charge in [-0.25, -0.2) is 27.6 Å². The second-order valence-corrected chi connectivity index (χ2v) is 42.9. The van der Waals surface area contributed by atoms with Crippen LogP contribution in [0.5, 0.6) is 11.5 Å². The molecule has 11 N–H and O–H groups in total. The summed E-state index contributed by atoms with van der Waals surface area (Å²) < 4.78 is 75.6. The summed E-state index contributed by atoms with van der Waals surface area (Å²) in [7, 11) is 1.74. The van der Waals surface area contributed by atoms with Crippen LogP contribution in [0.25, 0.3) is 0 Å². The van der Waals surface area contributed by atoms with Gasteiger partial charge in [0.1, 0.15) is 40.5 Å². The zero-order valence-corrected chi connectivity index (χ0v) is 78.8. The van der Waals surface area contributed by atoms with Crippen molar-refractivity contribution in [3.05, 3.63) is 140 Å². The maximum atomic E-state index is 17.2. The van der Waals surface area contributed by atoms with Crippen molar-refractivity contribution >= 4 is 125 Å². The minimum Gasteiger partial charge on any atom is -0.481 e. The van der Waals surface area contributed by atoms with Crippen LogP contribution in [0.3, 0.4) is 0 Å². The first-order chi connectivity index (χ1) is 60.8. The van der Waals surface area contributed by atoms with Gasteiger partial charge in [0.2, 0.25) is 11.6 Å². The molecule has 32 nitrogen and oxygen atoms in total. The fourth-order valence-corrected chi connectivity index (χ4v) is 24.4. The Balaban J connectivity index is 0.000000195. The summed E-state index contributed by atoms with van der Waals surface area (Å²) in [5, 5.41) is 110. The number of nitro groups is 2. The molecule has 12 aliphatic rings. The van der Waals surface area contributed by atoms with E-state index in [0.29, 0.717) is 87.5 Å². The number of aliphatic carboxylic acids is 1.